The van der Waals surface area contributed by atoms with Gasteiger partial charge >= 0.3 is 0 Å². The highest BCUT2D eigenvalue weighted by atomic mass is 16.3. The number of rotatable bonds is 3. The predicted octanol–water partition coefficient (Wildman–Crippen LogP) is 2.13. The van der Waals surface area contributed by atoms with Gasteiger partial charge in [-0.3, -0.25) is 0 Å². The first-order valence-electron chi connectivity index (χ1n) is 6.19. The molecule has 88 valence electrons. The summed E-state index contributed by atoms with van der Waals surface area (Å²) in [6.07, 6.45) is 4.77. The fraction of sp³-hybridized carbons (Fsp3) is 0.615. The number of aliphatic hydroxyl groups is 1. The van der Waals surface area contributed by atoms with Crippen molar-refractivity contribution in [1.82, 2.24) is 4.98 Å². The molecular weight excluding hydrogens is 200 g/mol. The van der Waals surface area contributed by atoms with E-state index in [9.17, 15) is 5.11 Å². The normalized spacial score (nSPS) is 16.5. The summed E-state index contributed by atoms with van der Waals surface area (Å²) in [4.78, 5) is 6.97. The minimum atomic E-state index is 0.107. The van der Waals surface area contributed by atoms with Gasteiger partial charge in [0.15, 0.2) is 0 Å². The van der Waals surface area contributed by atoms with Crippen LogP contribution in [0.25, 0.3) is 0 Å². The van der Waals surface area contributed by atoms with Crippen molar-refractivity contribution in [2.75, 3.05) is 18.0 Å². The Labute approximate surface area is 97.1 Å². The number of nitrogens with zero attached hydrogens (tertiary/aromatic N) is 2. The molecule has 1 N–H and O–H groups in total. The van der Waals surface area contributed by atoms with E-state index >= 15 is 0 Å². The summed E-state index contributed by atoms with van der Waals surface area (Å²) in [5.41, 5.74) is 2.06. The van der Waals surface area contributed by atoms with Gasteiger partial charge in [0.05, 0.1) is 6.61 Å². The van der Waals surface area contributed by atoms with E-state index in [4.69, 9.17) is 0 Å². The van der Waals surface area contributed by atoms with Crippen molar-refractivity contribution in [3.63, 3.8) is 0 Å². The zero-order valence-electron chi connectivity index (χ0n) is 9.95. The van der Waals surface area contributed by atoms with E-state index in [1.165, 1.54) is 19.3 Å². The molecule has 0 saturated carbocycles. The van der Waals surface area contributed by atoms with Crippen molar-refractivity contribution in [2.24, 2.45) is 0 Å². The Morgan fingerprint density at radius 2 is 2.00 bits per heavy atom. The second-order valence-electron chi connectivity index (χ2n) is 4.38. The van der Waals surface area contributed by atoms with E-state index in [2.05, 4.69) is 16.8 Å². The number of pyridine rings is 1. The molecule has 3 nitrogen and oxygen atoms in total. The lowest BCUT2D eigenvalue weighted by Gasteiger charge is -2.28. The maximum Gasteiger partial charge on any atom is 0.129 e. The molecule has 0 aliphatic carbocycles. The van der Waals surface area contributed by atoms with Gasteiger partial charge in [-0.05, 0) is 43.4 Å². The Bertz CT molecular complexity index is 324. The van der Waals surface area contributed by atoms with E-state index < -0.39 is 0 Å². The fourth-order valence-corrected chi connectivity index (χ4v) is 2.19. The summed E-state index contributed by atoms with van der Waals surface area (Å²) < 4.78 is 0. The van der Waals surface area contributed by atoms with Crippen LogP contribution in [-0.2, 0) is 13.0 Å². The Morgan fingerprint density at radius 3 is 2.62 bits per heavy atom. The molecule has 1 saturated heterocycles. The van der Waals surface area contributed by atoms with Gasteiger partial charge in [-0.2, -0.15) is 0 Å². The summed E-state index contributed by atoms with van der Waals surface area (Å²) in [6, 6.07) is 4.01. The third-order valence-corrected chi connectivity index (χ3v) is 3.15. The number of aliphatic hydroxyl groups excluding tert-OH is 1. The van der Waals surface area contributed by atoms with Gasteiger partial charge in [0.25, 0.3) is 0 Å². The molecule has 1 fully saturated rings. The number of aryl methyl sites for hydroxylation is 1. The van der Waals surface area contributed by atoms with Gasteiger partial charge < -0.3 is 10.0 Å². The molecule has 1 aromatic rings. The second kappa shape index (κ2) is 5.30. The lowest BCUT2D eigenvalue weighted by atomic mass is 10.1. The third-order valence-electron chi connectivity index (χ3n) is 3.15. The zero-order valence-corrected chi connectivity index (χ0v) is 9.95. The number of piperidine rings is 1. The third kappa shape index (κ3) is 2.53. The lowest BCUT2D eigenvalue weighted by molar-refractivity contribution is 0.281. The van der Waals surface area contributed by atoms with E-state index in [1.807, 2.05) is 12.1 Å². The quantitative estimate of drug-likeness (QED) is 0.847. The van der Waals surface area contributed by atoms with Crippen LogP contribution in [0, 0.1) is 0 Å². The van der Waals surface area contributed by atoms with Crippen LogP contribution in [0.5, 0.6) is 0 Å². The van der Waals surface area contributed by atoms with Crippen molar-refractivity contribution in [3.8, 4) is 0 Å². The van der Waals surface area contributed by atoms with E-state index in [1.54, 1.807) is 0 Å². The first-order chi connectivity index (χ1) is 7.83. The van der Waals surface area contributed by atoms with Crippen LogP contribution in [0.4, 0.5) is 5.82 Å². The minimum Gasteiger partial charge on any atom is -0.392 e. The Kier molecular flexibility index (Phi) is 3.78. The van der Waals surface area contributed by atoms with Crippen LogP contribution in [-0.4, -0.2) is 23.2 Å². The molecule has 0 unspecified atom stereocenters. The van der Waals surface area contributed by atoms with Crippen LogP contribution in [0.2, 0.25) is 0 Å². The van der Waals surface area contributed by atoms with Gasteiger partial charge in [-0.1, -0.05) is 6.92 Å². The highest BCUT2D eigenvalue weighted by Crippen LogP contribution is 2.20. The molecule has 3 heteroatoms. The van der Waals surface area contributed by atoms with E-state index in [-0.39, 0.29) is 6.61 Å². The molecule has 0 aromatic carbocycles. The summed E-state index contributed by atoms with van der Waals surface area (Å²) >= 11 is 0. The van der Waals surface area contributed by atoms with E-state index in [0.29, 0.717) is 0 Å². The summed E-state index contributed by atoms with van der Waals surface area (Å²) in [5, 5.41) is 9.23. The summed E-state index contributed by atoms with van der Waals surface area (Å²) in [5.74, 6) is 1.04. The molecule has 0 amide bonds. The molecule has 0 atom stereocenters. The van der Waals surface area contributed by atoms with Gasteiger partial charge in [0, 0.05) is 18.8 Å². The van der Waals surface area contributed by atoms with Crippen molar-refractivity contribution in [3.05, 3.63) is 23.4 Å². The SMILES string of the molecule is CCc1cc(CO)cc(N2CCCCC2)n1. The highest BCUT2D eigenvalue weighted by Gasteiger charge is 2.13. The highest BCUT2D eigenvalue weighted by molar-refractivity contribution is 5.43. The number of aromatic nitrogens is 1. The van der Waals surface area contributed by atoms with Gasteiger partial charge in [0.1, 0.15) is 5.82 Å². The largest absolute Gasteiger partial charge is 0.392 e. The number of hydrogen-bond donors (Lipinski definition) is 1. The molecule has 1 aromatic heterocycles. The minimum absolute atomic E-state index is 0.107. The molecule has 1 aliphatic rings. The standard InChI is InChI=1S/C13H20N2O/c1-2-12-8-11(10-16)9-13(14-12)15-6-4-3-5-7-15/h8-9,16H,2-7,10H2,1H3. The van der Waals surface area contributed by atoms with Gasteiger partial charge in [-0.15, -0.1) is 0 Å². The van der Waals surface area contributed by atoms with Crippen molar-refractivity contribution < 1.29 is 5.11 Å². The molecule has 0 spiro atoms. The molecule has 16 heavy (non-hydrogen) atoms. The lowest BCUT2D eigenvalue weighted by Crippen LogP contribution is -2.30. The van der Waals surface area contributed by atoms with Crippen molar-refractivity contribution >= 4 is 5.82 Å². The van der Waals surface area contributed by atoms with Gasteiger partial charge in [-0.25, -0.2) is 4.98 Å². The maximum absolute atomic E-state index is 9.23. The monoisotopic (exact) mass is 220 g/mol. The summed E-state index contributed by atoms with van der Waals surface area (Å²) in [7, 11) is 0. The smallest absolute Gasteiger partial charge is 0.129 e. The number of anilines is 1. The summed E-state index contributed by atoms with van der Waals surface area (Å²) in [6.45, 7) is 4.41. The molecule has 2 rings (SSSR count). The maximum atomic E-state index is 9.23. The van der Waals surface area contributed by atoms with Gasteiger partial charge in [0.2, 0.25) is 0 Å². The van der Waals surface area contributed by atoms with Crippen molar-refractivity contribution in [2.45, 2.75) is 39.2 Å². The Hall–Kier alpha value is -1.09. The topological polar surface area (TPSA) is 36.4 Å². The van der Waals surface area contributed by atoms with Crippen molar-refractivity contribution in [1.29, 1.82) is 0 Å². The molecular formula is C13H20N2O. The first kappa shape index (κ1) is 11.4. The van der Waals surface area contributed by atoms with E-state index in [0.717, 1.165) is 36.6 Å². The molecule has 0 bridgehead atoms. The zero-order chi connectivity index (χ0) is 11.4. The van der Waals surface area contributed by atoms with Crippen LogP contribution in [0.3, 0.4) is 0 Å². The second-order valence-corrected chi connectivity index (χ2v) is 4.38. The van der Waals surface area contributed by atoms with Crippen LogP contribution >= 0.6 is 0 Å². The predicted molar refractivity (Wildman–Crippen MR) is 65.6 cm³/mol. The van der Waals surface area contributed by atoms with Crippen LogP contribution in [0.1, 0.15) is 37.4 Å². The Morgan fingerprint density at radius 1 is 1.25 bits per heavy atom. The molecule has 1 aliphatic heterocycles. The first-order valence-corrected chi connectivity index (χ1v) is 6.19. The average molecular weight is 220 g/mol. The van der Waals surface area contributed by atoms with Crippen LogP contribution in [0.15, 0.2) is 12.1 Å². The van der Waals surface area contributed by atoms with Crippen LogP contribution < -0.4 is 4.90 Å². The Balaban J connectivity index is 2.24. The average Bonchev–Trinajstić information content (AvgIpc) is 2.39. The fourth-order valence-electron chi connectivity index (χ4n) is 2.19. The molecule has 0 radical (unpaired) electrons. The molecule has 2 heterocycles. The number of hydrogen-bond acceptors (Lipinski definition) is 3.